The zero-order valence-corrected chi connectivity index (χ0v) is 59.2. The van der Waals surface area contributed by atoms with E-state index in [0.717, 1.165) is 103 Å². The molecule has 0 spiro atoms. The lowest BCUT2D eigenvalue weighted by Crippen LogP contribution is -2.48. The highest BCUT2D eigenvalue weighted by molar-refractivity contribution is 5.94. The van der Waals surface area contributed by atoms with Gasteiger partial charge in [0.15, 0.2) is 23.3 Å². The molecule has 28 heteroatoms. The lowest BCUT2D eigenvalue weighted by Gasteiger charge is -2.28. The van der Waals surface area contributed by atoms with E-state index in [1.165, 1.54) is 0 Å². The van der Waals surface area contributed by atoms with E-state index < -0.39 is 18.3 Å². The molecule has 11 aromatic heterocycles. The quantitative estimate of drug-likeness (QED) is 0.0476. The number of aliphatic hydroxyl groups excluding tert-OH is 3. The predicted octanol–water partition coefficient (Wildman–Crippen LogP) is 7.85. The third-order valence-electron chi connectivity index (χ3n) is 18.9. The van der Waals surface area contributed by atoms with Crippen molar-refractivity contribution in [3.05, 3.63) is 238 Å². The highest BCUT2D eigenvalue weighted by Crippen LogP contribution is 2.28. The Hall–Kier alpha value is -11.6. The number of aromatic nitrogens is 16. The summed E-state index contributed by atoms with van der Waals surface area (Å²) in [6, 6.07) is 29.8. The zero-order valence-electron chi connectivity index (χ0n) is 59.2. The van der Waals surface area contributed by atoms with Crippen molar-refractivity contribution in [3.8, 4) is 51.5 Å². The first-order chi connectivity index (χ1) is 50.9. The van der Waals surface area contributed by atoms with Crippen LogP contribution >= 0.6 is 0 Å². The number of aryl methyl sites for hydroxylation is 3. The summed E-state index contributed by atoms with van der Waals surface area (Å²) < 4.78 is 24.3. The number of ether oxygens (including phenoxy) is 2. The van der Waals surface area contributed by atoms with Crippen LogP contribution in [0.3, 0.4) is 0 Å². The summed E-state index contributed by atoms with van der Waals surface area (Å²) in [6.45, 7) is 9.16. The van der Waals surface area contributed by atoms with Crippen molar-refractivity contribution in [2.75, 3.05) is 26.4 Å². The summed E-state index contributed by atoms with van der Waals surface area (Å²) in [5, 5.41) is 61.3. The third kappa shape index (κ3) is 17.6. The number of carbonyl (C=O) groups excluding carboxylic acids is 3. The van der Waals surface area contributed by atoms with Gasteiger partial charge in [-0.05, 0) is 176 Å². The van der Waals surface area contributed by atoms with Crippen LogP contribution in [-0.2, 0) is 42.8 Å². The number of rotatable bonds is 18. The molecule has 3 aliphatic rings. The smallest absolute Gasteiger partial charge is 0.270 e. The Morgan fingerprint density at radius 1 is 0.467 bits per heavy atom. The van der Waals surface area contributed by atoms with Crippen LogP contribution in [0.15, 0.2) is 170 Å². The van der Waals surface area contributed by atoms with Gasteiger partial charge in [0.25, 0.3) is 17.7 Å². The Morgan fingerprint density at radius 2 is 0.876 bits per heavy atom. The van der Waals surface area contributed by atoms with Gasteiger partial charge in [-0.2, -0.15) is 25.5 Å². The molecule has 105 heavy (non-hydrogen) atoms. The van der Waals surface area contributed by atoms with Crippen molar-refractivity contribution in [3.63, 3.8) is 0 Å². The van der Waals surface area contributed by atoms with Crippen LogP contribution in [0.1, 0.15) is 126 Å². The second-order valence-corrected chi connectivity index (χ2v) is 26.5. The molecule has 6 N–H and O–H groups in total. The minimum Gasteiger partial charge on any atom is -0.449 e. The van der Waals surface area contributed by atoms with Gasteiger partial charge in [0.1, 0.15) is 40.4 Å². The summed E-state index contributed by atoms with van der Waals surface area (Å²) in [5.41, 5.74) is 14.6. The molecule has 0 unspecified atom stereocenters. The number of nitrogens with one attached hydrogen (secondary N) is 3. The molecule has 2 aliphatic heterocycles. The molecule has 15 rings (SSSR count). The molecule has 0 radical (unpaired) electrons. The van der Waals surface area contributed by atoms with Gasteiger partial charge in [-0.25, -0.2) is 34.0 Å². The number of pyridine rings is 5. The predicted molar refractivity (Wildman–Crippen MR) is 387 cm³/mol. The van der Waals surface area contributed by atoms with Gasteiger partial charge in [-0.15, -0.1) is 0 Å². The van der Waals surface area contributed by atoms with E-state index in [1.807, 2.05) is 164 Å². The maximum atomic E-state index is 13.2. The van der Waals surface area contributed by atoms with E-state index in [0.29, 0.717) is 80.8 Å². The Bertz CT molecular complexity index is 4430. The lowest BCUT2D eigenvalue weighted by molar-refractivity contribution is -0.0261. The normalized spacial score (nSPS) is 17.9. The summed E-state index contributed by atoms with van der Waals surface area (Å²) in [4.78, 5) is 66.8. The van der Waals surface area contributed by atoms with Crippen molar-refractivity contribution < 1.29 is 43.6 Å². The number of hydrogen-bond donors (Lipinski definition) is 6. The molecular weight excluding hydrogens is 1330 g/mol. The van der Waals surface area contributed by atoms with Crippen molar-refractivity contribution >= 4 is 17.7 Å². The van der Waals surface area contributed by atoms with Crippen LogP contribution in [0, 0.1) is 27.7 Å². The molecule has 540 valence electrons. The first-order valence-electron chi connectivity index (χ1n) is 35.0. The minimum atomic E-state index is -0.744. The van der Waals surface area contributed by atoms with Crippen LogP contribution < -0.4 is 16.0 Å². The fourth-order valence-corrected chi connectivity index (χ4v) is 12.9. The number of carbonyl (C=O) groups is 3. The average Bonchev–Trinajstić information content (AvgIpc) is 1.75. The summed E-state index contributed by atoms with van der Waals surface area (Å²) in [6.07, 6.45) is 23.9. The van der Waals surface area contributed by atoms with E-state index in [4.69, 9.17) is 13.9 Å². The lowest BCUT2D eigenvalue weighted by atomic mass is 9.92. The molecule has 1 saturated carbocycles. The van der Waals surface area contributed by atoms with Gasteiger partial charge in [0, 0.05) is 102 Å². The number of nitrogens with zero attached hydrogens (tertiary/aromatic N) is 16. The van der Waals surface area contributed by atoms with E-state index in [2.05, 4.69) is 71.3 Å². The van der Waals surface area contributed by atoms with Gasteiger partial charge >= 0.3 is 0 Å². The minimum absolute atomic E-state index is 0.206. The van der Waals surface area contributed by atoms with E-state index in [9.17, 15) is 29.7 Å². The fourth-order valence-electron chi connectivity index (χ4n) is 12.9. The van der Waals surface area contributed by atoms with E-state index >= 15 is 0 Å². The number of aliphatic hydroxyl groups is 3. The van der Waals surface area contributed by atoms with Crippen molar-refractivity contribution in [1.82, 2.24) is 94.8 Å². The summed E-state index contributed by atoms with van der Waals surface area (Å²) in [7, 11) is 3.75. The molecule has 13 heterocycles. The molecule has 1 aromatic carbocycles. The Kier molecular flexibility index (Phi) is 22.5. The SMILES string of the molecule is Cc1c(Cc2ccc(-c3ccn(C)n3)nc2)cc(C(=O)N[C@H]2CCCC[C@@H]2O)nc1-n1cccn1.Cc1c(Cc2ccc(-c3ccn(C)n3)nc2)cc(C(=O)N[C@H]2CCOC[C@@H]2O)nc1-n1cccn1.Cc1nc(-c2ccc(Cc3cc(C(=O)N[C@H]4CCOC[C@@H]4O)nc(-n4cccn4)c3C)cc2)co1. The third-order valence-corrected chi connectivity index (χ3v) is 18.9. The number of benzene rings is 1. The van der Waals surface area contributed by atoms with E-state index in [1.54, 1.807) is 66.7 Å². The second-order valence-electron chi connectivity index (χ2n) is 26.5. The molecule has 6 atom stereocenters. The molecule has 2 saturated heterocycles. The van der Waals surface area contributed by atoms with Crippen molar-refractivity contribution in [2.45, 2.75) is 122 Å². The van der Waals surface area contributed by atoms with Crippen LogP contribution in [0.4, 0.5) is 0 Å². The van der Waals surface area contributed by atoms with Gasteiger partial charge in [0.05, 0.1) is 61.0 Å². The molecule has 3 fully saturated rings. The van der Waals surface area contributed by atoms with Crippen LogP contribution in [0.2, 0.25) is 0 Å². The van der Waals surface area contributed by atoms with Crippen LogP contribution in [-0.4, -0.2) is 175 Å². The molecule has 1 aliphatic carbocycles. The van der Waals surface area contributed by atoms with Crippen molar-refractivity contribution in [1.29, 1.82) is 0 Å². The average molecular weight is 1420 g/mol. The first-order valence-corrected chi connectivity index (χ1v) is 35.0. The molecule has 28 nitrogen and oxygen atoms in total. The molecule has 0 bridgehead atoms. The first kappa shape index (κ1) is 71.8. The monoisotopic (exact) mass is 1420 g/mol. The van der Waals surface area contributed by atoms with Crippen LogP contribution in [0.5, 0.6) is 0 Å². The largest absolute Gasteiger partial charge is 0.449 e. The highest BCUT2D eigenvalue weighted by Gasteiger charge is 2.30. The second kappa shape index (κ2) is 32.8. The van der Waals surface area contributed by atoms with Gasteiger partial charge < -0.3 is 45.2 Å². The Morgan fingerprint density at radius 3 is 1.23 bits per heavy atom. The van der Waals surface area contributed by atoms with E-state index in [-0.39, 0.29) is 60.4 Å². The topological polar surface area (TPSA) is 346 Å². The maximum absolute atomic E-state index is 13.2. The summed E-state index contributed by atoms with van der Waals surface area (Å²) in [5.74, 6) is 1.47. The van der Waals surface area contributed by atoms with Crippen LogP contribution in [0.25, 0.3) is 51.5 Å². The molecular formula is C77H83N19O9. The van der Waals surface area contributed by atoms with Gasteiger partial charge in [-0.3, -0.25) is 33.7 Å². The maximum Gasteiger partial charge on any atom is 0.270 e. The molecule has 12 aromatic rings. The highest BCUT2D eigenvalue weighted by atomic mass is 16.5. The number of oxazole rings is 1. The van der Waals surface area contributed by atoms with Gasteiger partial charge in [0.2, 0.25) is 0 Å². The Labute approximate surface area is 605 Å². The zero-order chi connectivity index (χ0) is 73.1. The molecule has 3 amide bonds. The standard InChI is InChI=1S/C26H29N7O2.C26H27N5O4.C25H27N7O3/c1-17-19(14-18-8-9-20(27-16-18)21-10-13-32(2)31-21)15-23(29-25(17)33-12-5-11-28-33)26(35)30-22-6-3-4-7-24(22)34;1-16-20(12-18-4-6-19(7-5-18)23-14-35-17(2)28-23)13-22(29-25(16)31-10-3-9-27-31)26(33)30-21-8-11-34-15-24(21)32;1-16-18(12-17-4-5-19(26-14-17)20-6-10-31(2)30-20)13-22(28-24(16)32-9-3-8-27-32)25(34)29-21-7-11-35-15-23(21)33/h5,8-13,15-16,22,24,34H,3-4,6-7,14H2,1-2H3,(H,30,35);3-7,9-10,13-14,21,24,32H,8,11-12,15H2,1-2H3,(H,30,33);3-6,8-10,13-14,21,23,33H,7,11-12,15H2,1-2H3,(H,29,34)/t22-,24-;21-,24-;21-,23-/m000/s1. The van der Waals surface area contributed by atoms with Gasteiger partial charge in [-0.1, -0.05) is 49.2 Å². The summed E-state index contributed by atoms with van der Waals surface area (Å²) >= 11 is 0. The Balaban J connectivity index is 0.000000140. The number of amides is 3. The number of hydrogen-bond acceptors (Lipinski definition) is 20. The van der Waals surface area contributed by atoms with Crippen molar-refractivity contribution in [2.24, 2.45) is 14.1 Å². The fraction of sp³-hybridized carbons (Fsp3) is 0.325.